The van der Waals surface area contributed by atoms with E-state index in [4.69, 9.17) is 23.7 Å². The Kier molecular flexibility index (Phi) is 11.9. The summed E-state index contributed by atoms with van der Waals surface area (Å²) in [7, 11) is 2.16. The summed E-state index contributed by atoms with van der Waals surface area (Å²) in [5, 5.41) is 0. The molecule has 30 heavy (non-hydrogen) atoms. The van der Waals surface area contributed by atoms with Gasteiger partial charge in [-0.1, -0.05) is 0 Å². The van der Waals surface area contributed by atoms with E-state index in [1.54, 1.807) is 0 Å². The van der Waals surface area contributed by atoms with Crippen molar-refractivity contribution in [3.63, 3.8) is 0 Å². The number of ether oxygens (including phenoxy) is 6. The molecule has 0 aliphatic rings. The summed E-state index contributed by atoms with van der Waals surface area (Å²) < 4.78 is 29.8. The molecular weight excluding hydrogens is 408 g/mol. The zero-order valence-corrected chi connectivity index (χ0v) is 17.6. The van der Waals surface area contributed by atoms with Crippen molar-refractivity contribution in [3.05, 3.63) is 0 Å². The van der Waals surface area contributed by atoms with Gasteiger partial charge in [0.2, 0.25) is 5.78 Å². The molecular formula is C18H26O12. The Hall–Kier alpha value is -3.02. The van der Waals surface area contributed by atoms with Gasteiger partial charge in [-0.2, -0.15) is 0 Å². The van der Waals surface area contributed by atoms with Crippen molar-refractivity contribution >= 4 is 35.6 Å². The summed E-state index contributed by atoms with van der Waals surface area (Å²) in [6.45, 7) is 3.69. The van der Waals surface area contributed by atoms with Crippen LogP contribution >= 0.6 is 0 Å². The van der Waals surface area contributed by atoms with Gasteiger partial charge in [0.1, 0.15) is 12.7 Å². The lowest BCUT2D eigenvalue weighted by Crippen LogP contribution is -2.53. The first kappa shape index (κ1) is 27.0. The molecule has 0 aromatic heterocycles. The zero-order chi connectivity index (χ0) is 23.4. The number of esters is 5. The summed E-state index contributed by atoms with van der Waals surface area (Å²) in [6, 6.07) is 0. The second-order valence-corrected chi connectivity index (χ2v) is 5.99. The first-order chi connectivity index (χ1) is 13.9. The number of methoxy groups -OCH3 is 2. The second-order valence-electron chi connectivity index (χ2n) is 5.99. The van der Waals surface area contributed by atoms with Crippen LogP contribution in [0.15, 0.2) is 0 Å². The van der Waals surface area contributed by atoms with Gasteiger partial charge in [-0.15, -0.1) is 0 Å². The molecule has 0 fully saturated rings. The summed E-state index contributed by atoms with van der Waals surface area (Å²) in [5.41, 5.74) is 0. The lowest BCUT2D eigenvalue weighted by atomic mass is 9.98. The number of ketones is 1. The molecule has 0 unspecified atom stereocenters. The average molecular weight is 434 g/mol. The smallest absolute Gasteiger partial charge is 0.374 e. The molecule has 12 heteroatoms. The van der Waals surface area contributed by atoms with Gasteiger partial charge in [0, 0.05) is 41.2 Å². The molecule has 0 bridgehead atoms. The monoisotopic (exact) mass is 434 g/mol. The van der Waals surface area contributed by atoms with Gasteiger partial charge < -0.3 is 28.4 Å². The normalized spacial score (nSPS) is 14.3. The largest absolute Gasteiger partial charge is 0.463 e. The SMILES string of the molecule is COC(=O)C(=O)C[C@H](OC)[C@@H](OC(C)=O)[C@H](OC(C)=O)[C@@H](COC(C)=O)OC(C)=O. The van der Waals surface area contributed by atoms with Crippen molar-refractivity contribution in [3.8, 4) is 0 Å². The Morgan fingerprint density at radius 3 is 1.50 bits per heavy atom. The quantitative estimate of drug-likeness (QED) is 0.220. The molecule has 0 rings (SSSR count). The number of carbonyl (C=O) groups is 6. The van der Waals surface area contributed by atoms with E-state index in [-0.39, 0.29) is 0 Å². The molecule has 0 N–H and O–H groups in total. The fourth-order valence-electron chi connectivity index (χ4n) is 2.41. The van der Waals surface area contributed by atoms with E-state index < -0.39 is 73.1 Å². The van der Waals surface area contributed by atoms with Gasteiger partial charge in [-0.05, 0) is 0 Å². The Balaban J connectivity index is 6.11. The lowest BCUT2D eigenvalue weighted by molar-refractivity contribution is -0.200. The molecule has 0 amide bonds. The van der Waals surface area contributed by atoms with E-state index in [0.717, 1.165) is 41.9 Å². The van der Waals surface area contributed by atoms with Gasteiger partial charge in [0.25, 0.3) is 0 Å². The highest BCUT2D eigenvalue weighted by Crippen LogP contribution is 2.21. The van der Waals surface area contributed by atoms with E-state index in [1.807, 2.05) is 0 Å². The number of Topliss-reactive ketones (excluding diaryl/α,β-unsaturated/α-hetero) is 1. The van der Waals surface area contributed by atoms with Crippen molar-refractivity contribution in [1.82, 2.24) is 0 Å². The zero-order valence-electron chi connectivity index (χ0n) is 17.6. The second kappa shape index (κ2) is 13.2. The predicted octanol–water partition coefficient (Wildman–Crippen LogP) is -0.508. The van der Waals surface area contributed by atoms with Crippen LogP contribution in [0.4, 0.5) is 0 Å². The van der Waals surface area contributed by atoms with Gasteiger partial charge in [0.15, 0.2) is 18.3 Å². The van der Waals surface area contributed by atoms with Gasteiger partial charge in [0.05, 0.1) is 7.11 Å². The van der Waals surface area contributed by atoms with E-state index in [1.165, 1.54) is 0 Å². The average Bonchev–Trinajstić information content (AvgIpc) is 2.64. The molecule has 0 radical (unpaired) electrons. The maximum absolute atomic E-state index is 12.0. The lowest BCUT2D eigenvalue weighted by Gasteiger charge is -2.35. The summed E-state index contributed by atoms with van der Waals surface area (Å²) in [4.78, 5) is 69.5. The molecule has 0 spiro atoms. The molecule has 0 heterocycles. The molecule has 12 nitrogen and oxygen atoms in total. The molecule has 0 aromatic rings. The number of rotatable bonds is 12. The van der Waals surface area contributed by atoms with E-state index >= 15 is 0 Å². The van der Waals surface area contributed by atoms with E-state index in [2.05, 4.69) is 4.74 Å². The van der Waals surface area contributed by atoms with Crippen molar-refractivity contribution in [2.24, 2.45) is 0 Å². The van der Waals surface area contributed by atoms with Crippen LogP contribution in [0.2, 0.25) is 0 Å². The van der Waals surface area contributed by atoms with E-state index in [9.17, 15) is 28.8 Å². The maximum Gasteiger partial charge on any atom is 0.374 e. The van der Waals surface area contributed by atoms with Gasteiger partial charge >= 0.3 is 29.8 Å². The molecule has 0 saturated carbocycles. The molecule has 4 atom stereocenters. The number of hydrogen-bond donors (Lipinski definition) is 0. The topological polar surface area (TPSA) is 158 Å². The van der Waals surface area contributed by atoms with Crippen molar-refractivity contribution < 1.29 is 57.2 Å². The Morgan fingerprint density at radius 2 is 1.13 bits per heavy atom. The minimum atomic E-state index is -1.54. The van der Waals surface area contributed by atoms with E-state index in [0.29, 0.717) is 0 Å². The number of hydrogen-bond acceptors (Lipinski definition) is 12. The van der Waals surface area contributed by atoms with Crippen LogP contribution in [-0.4, -0.2) is 80.9 Å². The maximum atomic E-state index is 12.0. The fourth-order valence-corrected chi connectivity index (χ4v) is 2.41. The molecule has 0 aromatic carbocycles. The summed E-state index contributed by atoms with van der Waals surface area (Å²) >= 11 is 0. The third-order valence-electron chi connectivity index (χ3n) is 3.53. The predicted molar refractivity (Wildman–Crippen MR) is 95.7 cm³/mol. The molecule has 170 valence electrons. The van der Waals surface area contributed by atoms with Gasteiger partial charge in [-0.3, -0.25) is 24.0 Å². The molecule has 0 saturated heterocycles. The van der Waals surface area contributed by atoms with Crippen molar-refractivity contribution in [1.29, 1.82) is 0 Å². The Bertz CT molecular complexity index is 656. The van der Waals surface area contributed by atoms with Crippen molar-refractivity contribution in [2.45, 2.75) is 58.5 Å². The van der Waals surface area contributed by atoms with Crippen LogP contribution in [0, 0.1) is 0 Å². The van der Waals surface area contributed by atoms with Crippen LogP contribution in [-0.2, 0) is 57.2 Å². The first-order valence-electron chi connectivity index (χ1n) is 8.71. The highest BCUT2D eigenvalue weighted by molar-refractivity contribution is 6.33. The third-order valence-corrected chi connectivity index (χ3v) is 3.53. The Morgan fingerprint density at radius 1 is 0.667 bits per heavy atom. The van der Waals surface area contributed by atoms with Crippen molar-refractivity contribution in [2.75, 3.05) is 20.8 Å². The summed E-state index contributed by atoms with van der Waals surface area (Å²) in [6.07, 6.45) is -6.38. The highest BCUT2D eigenvalue weighted by Gasteiger charge is 2.43. The minimum Gasteiger partial charge on any atom is -0.463 e. The molecule has 0 aliphatic heterocycles. The molecule has 0 aliphatic carbocycles. The first-order valence-corrected chi connectivity index (χ1v) is 8.71. The standard InChI is InChI=1S/C18H26O12/c1-9(19)27-8-15(28-10(2)20)17(30-12(4)22)16(29-11(3)21)14(25-5)7-13(23)18(24)26-6/h14-17H,7-8H2,1-6H3/t14-,15+,16+,17+/m0/s1. The van der Waals surface area contributed by atoms with Crippen LogP contribution in [0.5, 0.6) is 0 Å². The highest BCUT2D eigenvalue weighted by atomic mass is 16.6. The van der Waals surface area contributed by atoms with Crippen LogP contribution in [0.1, 0.15) is 34.1 Å². The number of carbonyl (C=O) groups excluding carboxylic acids is 6. The Labute approximate surface area is 173 Å². The minimum absolute atomic E-state index is 0.550. The fraction of sp³-hybridized carbons (Fsp3) is 0.667. The summed E-state index contributed by atoms with van der Waals surface area (Å²) in [5.74, 6) is -5.41. The van der Waals surface area contributed by atoms with Crippen LogP contribution in [0.3, 0.4) is 0 Å². The third kappa shape index (κ3) is 9.96. The van der Waals surface area contributed by atoms with Crippen LogP contribution in [0.25, 0.3) is 0 Å². The van der Waals surface area contributed by atoms with Gasteiger partial charge in [-0.25, -0.2) is 4.79 Å². The van der Waals surface area contributed by atoms with Crippen LogP contribution < -0.4 is 0 Å².